The number of nitrogens with two attached hydrogens (primary N) is 1. The van der Waals surface area contributed by atoms with Crippen molar-refractivity contribution < 1.29 is 0 Å². The quantitative estimate of drug-likeness (QED) is 0.689. The van der Waals surface area contributed by atoms with Crippen LogP contribution in [0.25, 0.3) is 0 Å². The lowest BCUT2D eigenvalue weighted by molar-refractivity contribution is 0.881. The molecule has 0 aliphatic carbocycles. The van der Waals surface area contributed by atoms with E-state index in [2.05, 4.69) is 28.3 Å². The summed E-state index contributed by atoms with van der Waals surface area (Å²) in [5, 5.41) is 3.16. The summed E-state index contributed by atoms with van der Waals surface area (Å²) in [6.07, 6.45) is 0. The van der Waals surface area contributed by atoms with E-state index in [1.54, 1.807) is 23.1 Å². The van der Waals surface area contributed by atoms with Crippen LogP contribution in [0.2, 0.25) is 0 Å². The highest BCUT2D eigenvalue weighted by molar-refractivity contribution is 7.99. The Bertz CT molecular complexity index is 517. The number of thioether (sulfide) groups is 1. The van der Waals surface area contributed by atoms with Gasteiger partial charge in [-0.05, 0) is 43.8 Å². The second-order valence-corrected chi connectivity index (χ2v) is 6.36. The minimum absolute atomic E-state index is 0.242. The van der Waals surface area contributed by atoms with Crippen LogP contribution in [0.1, 0.15) is 27.1 Å². The molecule has 1 atom stereocenters. The third-order valence-electron chi connectivity index (χ3n) is 2.62. The molecular formula is C13H17N3S2. The molecule has 0 saturated heterocycles. The third kappa shape index (κ3) is 3.10. The minimum Gasteiger partial charge on any atom is -0.329 e. The summed E-state index contributed by atoms with van der Waals surface area (Å²) in [5.41, 5.74) is 9.19. The largest absolute Gasteiger partial charge is 0.329 e. The van der Waals surface area contributed by atoms with Crippen molar-refractivity contribution in [2.45, 2.75) is 31.2 Å². The van der Waals surface area contributed by atoms with Crippen molar-refractivity contribution >= 4 is 23.1 Å². The number of hydrogen-bond donors (Lipinski definition) is 1. The van der Waals surface area contributed by atoms with Gasteiger partial charge >= 0.3 is 0 Å². The molecule has 2 aromatic rings. The zero-order valence-electron chi connectivity index (χ0n) is 10.8. The lowest BCUT2D eigenvalue weighted by Crippen LogP contribution is -2.10. The summed E-state index contributed by atoms with van der Waals surface area (Å²) in [6.45, 7) is 6.71. The summed E-state index contributed by atoms with van der Waals surface area (Å²) >= 11 is 3.41. The molecule has 0 aliphatic rings. The van der Waals surface area contributed by atoms with Gasteiger partial charge < -0.3 is 5.73 Å². The smallest absolute Gasteiger partial charge is 0.188 e. The molecule has 1 unspecified atom stereocenters. The predicted octanol–water partition coefficient (Wildman–Crippen LogP) is 3.26. The molecule has 0 aliphatic heterocycles. The Morgan fingerprint density at radius 3 is 2.44 bits per heavy atom. The molecule has 5 heteroatoms. The van der Waals surface area contributed by atoms with E-state index in [1.165, 1.54) is 10.4 Å². The first-order valence-electron chi connectivity index (χ1n) is 5.83. The number of hydrogen-bond acceptors (Lipinski definition) is 5. The van der Waals surface area contributed by atoms with Crippen LogP contribution in [0.5, 0.6) is 0 Å². The van der Waals surface area contributed by atoms with Crippen LogP contribution < -0.4 is 5.73 Å². The van der Waals surface area contributed by atoms with E-state index in [0.717, 1.165) is 16.5 Å². The van der Waals surface area contributed by atoms with E-state index in [9.17, 15) is 0 Å². The number of nitrogens with zero attached hydrogens (tertiary/aromatic N) is 2. The van der Waals surface area contributed by atoms with Crippen molar-refractivity contribution in [1.29, 1.82) is 0 Å². The molecule has 0 saturated carbocycles. The van der Waals surface area contributed by atoms with Crippen molar-refractivity contribution in [3.63, 3.8) is 0 Å². The minimum atomic E-state index is 0.242. The van der Waals surface area contributed by atoms with Crippen LogP contribution in [0.4, 0.5) is 0 Å². The fraction of sp³-hybridized carbons (Fsp3) is 0.385. The van der Waals surface area contributed by atoms with Gasteiger partial charge in [-0.1, -0.05) is 11.8 Å². The van der Waals surface area contributed by atoms with Crippen molar-refractivity contribution in [2.75, 3.05) is 6.54 Å². The van der Waals surface area contributed by atoms with Crippen molar-refractivity contribution in [1.82, 2.24) is 9.97 Å². The molecule has 0 bridgehead atoms. The van der Waals surface area contributed by atoms with Gasteiger partial charge in [-0.25, -0.2) is 9.97 Å². The molecule has 0 radical (unpaired) electrons. The molecule has 0 aromatic carbocycles. The Labute approximate surface area is 116 Å². The fourth-order valence-electron chi connectivity index (χ4n) is 1.80. The molecule has 0 fully saturated rings. The molecular weight excluding hydrogens is 262 g/mol. The lowest BCUT2D eigenvalue weighted by atomic mass is 10.2. The van der Waals surface area contributed by atoms with Crippen LogP contribution in [0.3, 0.4) is 0 Å². The second-order valence-electron chi connectivity index (χ2n) is 4.24. The van der Waals surface area contributed by atoms with Gasteiger partial charge in [-0.3, -0.25) is 0 Å². The molecule has 2 N–H and O–H groups in total. The summed E-state index contributed by atoms with van der Waals surface area (Å²) in [6, 6.07) is 4.11. The maximum atomic E-state index is 5.89. The van der Waals surface area contributed by atoms with Crippen LogP contribution in [0.15, 0.2) is 22.7 Å². The zero-order chi connectivity index (χ0) is 13.1. The number of aromatic nitrogens is 2. The Morgan fingerprint density at radius 2 is 1.94 bits per heavy atom. The van der Waals surface area contributed by atoms with Crippen molar-refractivity contribution in [3.05, 3.63) is 39.3 Å². The average molecular weight is 279 g/mol. The van der Waals surface area contributed by atoms with Crippen LogP contribution in [-0.4, -0.2) is 16.5 Å². The molecule has 18 heavy (non-hydrogen) atoms. The molecule has 2 aromatic heterocycles. The van der Waals surface area contributed by atoms with Gasteiger partial charge in [0.1, 0.15) is 0 Å². The standard InChI is InChI=1S/C13H17N3S2/c1-8-4-5-17-12(8)11(7-14)18-13-15-9(2)6-10(3)16-13/h4-6,11H,7,14H2,1-3H3. The van der Waals surface area contributed by atoms with E-state index in [-0.39, 0.29) is 5.25 Å². The number of thiophene rings is 1. The van der Waals surface area contributed by atoms with E-state index < -0.39 is 0 Å². The molecule has 3 nitrogen and oxygen atoms in total. The topological polar surface area (TPSA) is 51.8 Å². The number of rotatable bonds is 4. The van der Waals surface area contributed by atoms with E-state index in [0.29, 0.717) is 6.54 Å². The van der Waals surface area contributed by atoms with Gasteiger partial charge in [0, 0.05) is 22.8 Å². The number of aryl methyl sites for hydroxylation is 3. The van der Waals surface area contributed by atoms with Crippen LogP contribution in [0, 0.1) is 20.8 Å². The Kier molecular flexibility index (Phi) is 4.37. The molecule has 0 spiro atoms. The lowest BCUT2D eigenvalue weighted by Gasteiger charge is -2.13. The molecule has 96 valence electrons. The van der Waals surface area contributed by atoms with Gasteiger partial charge in [0.05, 0.1) is 5.25 Å². The van der Waals surface area contributed by atoms with Gasteiger partial charge in [-0.2, -0.15) is 0 Å². The summed E-state index contributed by atoms with van der Waals surface area (Å²) < 4.78 is 0. The normalized spacial score (nSPS) is 12.7. The Morgan fingerprint density at radius 1 is 1.28 bits per heavy atom. The summed E-state index contributed by atoms with van der Waals surface area (Å²) in [5.74, 6) is 0. The van der Waals surface area contributed by atoms with Gasteiger partial charge in [0.25, 0.3) is 0 Å². The molecule has 0 amide bonds. The highest BCUT2D eigenvalue weighted by Crippen LogP contribution is 2.37. The van der Waals surface area contributed by atoms with Crippen LogP contribution >= 0.6 is 23.1 Å². The first kappa shape index (κ1) is 13.5. The zero-order valence-corrected chi connectivity index (χ0v) is 12.4. The van der Waals surface area contributed by atoms with Gasteiger partial charge in [0.15, 0.2) is 5.16 Å². The van der Waals surface area contributed by atoms with Crippen LogP contribution in [-0.2, 0) is 0 Å². The average Bonchev–Trinajstić information content (AvgIpc) is 2.71. The first-order chi connectivity index (χ1) is 8.60. The maximum absolute atomic E-state index is 5.89. The second kappa shape index (κ2) is 5.82. The predicted molar refractivity (Wildman–Crippen MR) is 78.2 cm³/mol. The summed E-state index contributed by atoms with van der Waals surface area (Å²) in [7, 11) is 0. The molecule has 2 heterocycles. The monoisotopic (exact) mass is 279 g/mol. The SMILES string of the molecule is Cc1cc(C)nc(SC(CN)c2sccc2C)n1. The molecule has 2 rings (SSSR count). The highest BCUT2D eigenvalue weighted by Gasteiger charge is 2.17. The van der Waals surface area contributed by atoms with Crippen molar-refractivity contribution in [3.8, 4) is 0 Å². The first-order valence-corrected chi connectivity index (χ1v) is 7.59. The van der Waals surface area contributed by atoms with E-state index in [4.69, 9.17) is 5.73 Å². The van der Waals surface area contributed by atoms with Gasteiger partial charge in [-0.15, -0.1) is 11.3 Å². The highest BCUT2D eigenvalue weighted by atomic mass is 32.2. The summed E-state index contributed by atoms with van der Waals surface area (Å²) in [4.78, 5) is 10.2. The van der Waals surface area contributed by atoms with Crippen molar-refractivity contribution in [2.24, 2.45) is 5.73 Å². The third-order valence-corrected chi connectivity index (χ3v) is 5.01. The maximum Gasteiger partial charge on any atom is 0.188 e. The Balaban J connectivity index is 2.23. The van der Waals surface area contributed by atoms with Gasteiger partial charge in [0.2, 0.25) is 0 Å². The Hall–Kier alpha value is -0.910. The van der Waals surface area contributed by atoms with E-state index in [1.807, 2.05) is 19.9 Å². The van der Waals surface area contributed by atoms with E-state index >= 15 is 0 Å². The fourth-order valence-corrected chi connectivity index (χ4v) is 4.07.